The minimum atomic E-state index is 0.0884. The summed E-state index contributed by atoms with van der Waals surface area (Å²) in [7, 11) is 1.68. The van der Waals surface area contributed by atoms with Crippen molar-refractivity contribution < 1.29 is 14.3 Å². The average Bonchev–Trinajstić information content (AvgIpc) is 3.23. The van der Waals surface area contributed by atoms with E-state index in [4.69, 9.17) is 9.47 Å². The average molecular weight is 378 g/mol. The molecule has 0 fully saturated rings. The lowest BCUT2D eigenvalue weighted by molar-refractivity contribution is -0.121. The van der Waals surface area contributed by atoms with Gasteiger partial charge in [0.2, 0.25) is 5.91 Å². The van der Waals surface area contributed by atoms with Gasteiger partial charge in [0, 0.05) is 35.5 Å². The van der Waals surface area contributed by atoms with Gasteiger partial charge in [0.05, 0.1) is 13.7 Å². The number of hydrogen-bond acceptors (Lipinski definition) is 3. The van der Waals surface area contributed by atoms with E-state index in [0.717, 1.165) is 35.4 Å². The summed E-state index contributed by atoms with van der Waals surface area (Å²) < 4.78 is 11.1. The van der Waals surface area contributed by atoms with Crippen molar-refractivity contribution in [1.82, 2.24) is 10.3 Å². The Hall–Kier alpha value is -2.95. The molecule has 28 heavy (non-hydrogen) atoms. The number of ether oxygens (including phenoxy) is 2. The van der Waals surface area contributed by atoms with Crippen molar-refractivity contribution >= 4 is 16.8 Å². The number of nitrogens with one attached hydrogen (secondary N) is 2. The van der Waals surface area contributed by atoms with Gasteiger partial charge < -0.3 is 19.8 Å². The molecule has 0 saturated heterocycles. The molecule has 0 spiro atoms. The molecule has 3 aromatic rings. The summed E-state index contributed by atoms with van der Waals surface area (Å²) in [5, 5.41) is 4.36. The van der Waals surface area contributed by atoms with E-state index in [2.05, 4.69) is 22.4 Å². The minimum Gasteiger partial charge on any atom is -0.497 e. The lowest BCUT2D eigenvalue weighted by atomic mass is 10.1. The third kappa shape index (κ3) is 3.84. The standard InChI is InChI=1S/C23H26N2O3/c1-15-6-3-4-7-22(15)28-11-5-8-23(26)24-16-12-18-19-14-17(27-2)9-10-20(19)25-21(18)13-16/h3-4,6-7,9-10,14,16,25H,5,8,11-13H2,1-2H3,(H,24,26). The van der Waals surface area contributed by atoms with Gasteiger partial charge in [-0.15, -0.1) is 0 Å². The largest absolute Gasteiger partial charge is 0.497 e. The molecule has 146 valence electrons. The molecule has 1 aromatic heterocycles. The van der Waals surface area contributed by atoms with Crippen LogP contribution in [0.3, 0.4) is 0 Å². The maximum absolute atomic E-state index is 12.3. The van der Waals surface area contributed by atoms with Crippen LogP contribution in [-0.2, 0) is 17.6 Å². The second kappa shape index (κ2) is 7.97. The fourth-order valence-corrected chi connectivity index (χ4v) is 3.92. The van der Waals surface area contributed by atoms with E-state index in [-0.39, 0.29) is 11.9 Å². The van der Waals surface area contributed by atoms with Crippen molar-refractivity contribution in [2.24, 2.45) is 0 Å². The van der Waals surface area contributed by atoms with Crippen LogP contribution in [-0.4, -0.2) is 30.6 Å². The van der Waals surface area contributed by atoms with E-state index >= 15 is 0 Å². The maximum atomic E-state index is 12.3. The summed E-state index contributed by atoms with van der Waals surface area (Å²) >= 11 is 0. The van der Waals surface area contributed by atoms with Crippen molar-refractivity contribution in [2.45, 2.75) is 38.6 Å². The number of hydrogen-bond donors (Lipinski definition) is 2. The van der Waals surface area contributed by atoms with Gasteiger partial charge in [0.25, 0.3) is 0 Å². The number of aryl methyl sites for hydroxylation is 1. The van der Waals surface area contributed by atoms with Crippen molar-refractivity contribution in [3.63, 3.8) is 0 Å². The number of para-hydroxylation sites is 1. The van der Waals surface area contributed by atoms with Gasteiger partial charge in [-0.25, -0.2) is 0 Å². The molecule has 1 amide bonds. The molecule has 1 heterocycles. The van der Waals surface area contributed by atoms with Crippen LogP contribution in [0.25, 0.3) is 10.9 Å². The van der Waals surface area contributed by atoms with E-state index in [9.17, 15) is 4.79 Å². The molecule has 5 heteroatoms. The Kier molecular flexibility index (Phi) is 5.24. The molecule has 2 N–H and O–H groups in total. The molecular formula is C23H26N2O3. The van der Waals surface area contributed by atoms with Crippen molar-refractivity contribution in [3.05, 3.63) is 59.3 Å². The van der Waals surface area contributed by atoms with Crippen molar-refractivity contribution in [2.75, 3.05) is 13.7 Å². The fourth-order valence-electron chi connectivity index (χ4n) is 3.92. The highest BCUT2D eigenvalue weighted by Crippen LogP contribution is 2.32. The molecule has 0 radical (unpaired) electrons. The number of fused-ring (bicyclic) bond motifs is 3. The topological polar surface area (TPSA) is 63.3 Å². The third-order valence-electron chi connectivity index (χ3n) is 5.37. The summed E-state index contributed by atoms with van der Waals surface area (Å²) in [4.78, 5) is 15.8. The molecule has 0 saturated carbocycles. The number of carbonyl (C=O) groups is 1. The Morgan fingerprint density at radius 1 is 1.21 bits per heavy atom. The molecule has 0 bridgehead atoms. The monoisotopic (exact) mass is 378 g/mol. The predicted octanol–water partition coefficient (Wildman–Crippen LogP) is 3.93. The highest BCUT2D eigenvalue weighted by Gasteiger charge is 2.26. The SMILES string of the molecule is COc1ccc2[nH]c3c(c2c1)CC(NC(=O)CCCOc1ccccc1C)C3. The Bertz CT molecular complexity index is 993. The first kappa shape index (κ1) is 18.4. The lowest BCUT2D eigenvalue weighted by Gasteiger charge is -2.13. The normalized spacial score (nSPS) is 15.4. The number of aromatic amines is 1. The second-order valence-electron chi connectivity index (χ2n) is 7.38. The summed E-state index contributed by atoms with van der Waals surface area (Å²) in [6.07, 6.45) is 2.88. The van der Waals surface area contributed by atoms with Gasteiger partial charge >= 0.3 is 0 Å². The number of rotatable bonds is 7. The summed E-state index contributed by atoms with van der Waals surface area (Å²) in [5.41, 5.74) is 4.75. The smallest absolute Gasteiger partial charge is 0.220 e. The van der Waals surface area contributed by atoms with E-state index in [1.165, 1.54) is 16.6 Å². The number of aromatic nitrogens is 1. The third-order valence-corrected chi connectivity index (χ3v) is 5.37. The molecule has 2 aromatic carbocycles. The van der Waals surface area contributed by atoms with Crippen LogP contribution < -0.4 is 14.8 Å². The molecule has 0 aliphatic heterocycles. The molecular weight excluding hydrogens is 352 g/mol. The zero-order chi connectivity index (χ0) is 19.5. The summed E-state index contributed by atoms with van der Waals surface area (Å²) in [6.45, 7) is 2.57. The van der Waals surface area contributed by atoms with E-state index in [1.807, 2.05) is 37.3 Å². The lowest BCUT2D eigenvalue weighted by Crippen LogP contribution is -2.35. The summed E-state index contributed by atoms with van der Waals surface area (Å²) in [5.74, 6) is 1.83. The van der Waals surface area contributed by atoms with Crippen LogP contribution in [0.2, 0.25) is 0 Å². The second-order valence-corrected chi connectivity index (χ2v) is 7.38. The van der Waals surface area contributed by atoms with Crippen molar-refractivity contribution in [3.8, 4) is 11.5 Å². The Morgan fingerprint density at radius 2 is 2.07 bits per heavy atom. The first-order valence-electron chi connectivity index (χ1n) is 9.79. The Morgan fingerprint density at radius 3 is 2.89 bits per heavy atom. The van der Waals surface area contributed by atoms with Crippen LogP contribution in [0.5, 0.6) is 11.5 Å². The van der Waals surface area contributed by atoms with Gasteiger partial charge in [-0.3, -0.25) is 4.79 Å². The van der Waals surface area contributed by atoms with Crippen LogP contribution >= 0.6 is 0 Å². The number of benzene rings is 2. The number of carbonyl (C=O) groups excluding carboxylic acids is 1. The maximum Gasteiger partial charge on any atom is 0.220 e. The first-order chi connectivity index (χ1) is 13.6. The molecule has 1 aliphatic rings. The molecule has 1 atom stereocenters. The van der Waals surface area contributed by atoms with Gasteiger partial charge in [0.15, 0.2) is 0 Å². The van der Waals surface area contributed by atoms with Crippen LogP contribution in [0.4, 0.5) is 0 Å². The summed E-state index contributed by atoms with van der Waals surface area (Å²) in [6, 6.07) is 14.2. The molecule has 4 rings (SSSR count). The highest BCUT2D eigenvalue weighted by atomic mass is 16.5. The number of amides is 1. The van der Waals surface area contributed by atoms with E-state index < -0.39 is 0 Å². The van der Waals surface area contributed by atoms with Gasteiger partial charge in [-0.05, 0) is 55.2 Å². The number of H-pyrrole nitrogens is 1. The zero-order valence-electron chi connectivity index (χ0n) is 16.4. The van der Waals surface area contributed by atoms with Crippen LogP contribution in [0.1, 0.15) is 29.7 Å². The zero-order valence-corrected chi connectivity index (χ0v) is 16.4. The van der Waals surface area contributed by atoms with Crippen LogP contribution in [0, 0.1) is 6.92 Å². The first-order valence-corrected chi connectivity index (χ1v) is 9.79. The van der Waals surface area contributed by atoms with Gasteiger partial charge in [-0.2, -0.15) is 0 Å². The van der Waals surface area contributed by atoms with E-state index in [0.29, 0.717) is 19.4 Å². The van der Waals surface area contributed by atoms with E-state index in [1.54, 1.807) is 7.11 Å². The van der Waals surface area contributed by atoms with Gasteiger partial charge in [-0.1, -0.05) is 18.2 Å². The Balaban J connectivity index is 1.26. The number of methoxy groups -OCH3 is 1. The molecule has 1 aliphatic carbocycles. The molecule has 1 unspecified atom stereocenters. The predicted molar refractivity (Wildman–Crippen MR) is 110 cm³/mol. The van der Waals surface area contributed by atoms with Gasteiger partial charge in [0.1, 0.15) is 11.5 Å². The molecule has 5 nitrogen and oxygen atoms in total. The minimum absolute atomic E-state index is 0.0884. The van der Waals surface area contributed by atoms with Crippen molar-refractivity contribution in [1.29, 1.82) is 0 Å². The quantitative estimate of drug-likeness (QED) is 0.613. The fraction of sp³-hybridized carbons (Fsp3) is 0.348. The highest BCUT2D eigenvalue weighted by molar-refractivity contribution is 5.87. The Labute approximate surface area is 165 Å². The van der Waals surface area contributed by atoms with Crippen LogP contribution in [0.15, 0.2) is 42.5 Å².